The van der Waals surface area contributed by atoms with Crippen molar-refractivity contribution in [3.63, 3.8) is 0 Å². The van der Waals surface area contributed by atoms with Crippen molar-refractivity contribution in [3.8, 4) is 0 Å². The summed E-state index contributed by atoms with van der Waals surface area (Å²) < 4.78 is 10.3. The van der Waals surface area contributed by atoms with Gasteiger partial charge in [0.05, 0.1) is 19.8 Å². The molecule has 0 radical (unpaired) electrons. The molecule has 0 aliphatic carbocycles. The zero-order chi connectivity index (χ0) is 10.6. The Morgan fingerprint density at radius 3 is 2.93 bits per heavy atom. The topological polar surface area (TPSA) is 38.7 Å². The van der Waals surface area contributed by atoms with Gasteiger partial charge in [-0.1, -0.05) is 20.6 Å². The van der Waals surface area contributed by atoms with E-state index in [0.717, 1.165) is 19.4 Å². The van der Waals surface area contributed by atoms with Gasteiger partial charge in [-0.25, -0.2) is 0 Å². The van der Waals surface area contributed by atoms with E-state index in [4.69, 9.17) is 14.4 Å². The van der Waals surface area contributed by atoms with Gasteiger partial charge in [-0.15, -0.1) is 0 Å². The molecule has 1 N–H and O–H groups in total. The van der Waals surface area contributed by atoms with Gasteiger partial charge in [0.15, 0.2) is 0 Å². The highest BCUT2D eigenvalue weighted by Crippen LogP contribution is 2.20. The first kappa shape index (κ1) is 14.5. The maximum atomic E-state index is 8.46. The van der Waals surface area contributed by atoms with Crippen LogP contribution in [0.3, 0.4) is 0 Å². The van der Waals surface area contributed by atoms with Gasteiger partial charge in [-0.05, 0) is 19.8 Å². The largest absolute Gasteiger partial charge is 0.394 e. The standard InChI is InChI=1S/C9H20O3P2/c1-9(4-7-12-14-13)3-2-6-11-8-5-10/h4,10,14H,2-3,5-8,13H2,1H3. The minimum absolute atomic E-state index is 0.109. The Balaban J connectivity index is 3.25. The molecule has 5 heteroatoms. The van der Waals surface area contributed by atoms with Gasteiger partial charge in [0, 0.05) is 15.1 Å². The number of hydrogen-bond donors (Lipinski definition) is 1. The van der Waals surface area contributed by atoms with Crippen molar-refractivity contribution in [3.05, 3.63) is 11.6 Å². The van der Waals surface area contributed by atoms with Crippen molar-refractivity contribution in [1.82, 2.24) is 0 Å². The van der Waals surface area contributed by atoms with Crippen LogP contribution in [0.15, 0.2) is 11.6 Å². The molecule has 2 unspecified atom stereocenters. The Hall–Kier alpha value is 0.480. The second-order valence-corrected chi connectivity index (χ2v) is 4.15. The lowest BCUT2D eigenvalue weighted by Crippen LogP contribution is -2.00. The number of hydrogen-bond acceptors (Lipinski definition) is 3. The third-order valence-electron chi connectivity index (χ3n) is 1.69. The van der Waals surface area contributed by atoms with Crippen LogP contribution in [0.25, 0.3) is 0 Å². The van der Waals surface area contributed by atoms with Crippen LogP contribution in [-0.2, 0) is 9.26 Å². The number of rotatable bonds is 9. The molecular formula is C9H20O3P2. The fraction of sp³-hybridized carbons (Fsp3) is 0.778. The fourth-order valence-corrected chi connectivity index (χ4v) is 1.42. The first-order valence-corrected chi connectivity index (χ1v) is 7.44. The molecule has 0 fully saturated rings. The van der Waals surface area contributed by atoms with E-state index in [-0.39, 0.29) is 6.61 Å². The smallest absolute Gasteiger partial charge is 0.0697 e. The average Bonchev–Trinajstić information content (AvgIpc) is 2.18. The predicted octanol–water partition coefficient (Wildman–Crippen LogP) is 2.12. The first-order valence-electron chi connectivity index (χ1n) is 4.73. The van der Waals surface area contributed by atoms with E-state index >= 15 is 0 Å². The third-order valence-corrected chi connectivity index (χ3v) is 2.53. The van der Waals surface area contributed by atoms with Gasteiger partial charge in [-0.3, -0.25) is 0 Å². The van der Waals surface area contributed by atoms with E-state index < -0.39 is 0 Å². The Labute approximate surface area is 90.2 Å². The van der Waals surface area contributed by atoms with E-state index in [1.165, 1.54) is 5.57 Å². The van der Waals surface area contributed by atoms with Gasteiger partial charge >= 0.3 is 0 Å². The van der Waals surface area contributed by atoms with Crippen LogP contribution >= 0.6 is 17.4 Å². The van der Waals surface area contributed by atoms with Crippen LogP contribution in [0.2, 0.25) is 0 Å². The van der Waals surface area contributed by atoms with Crippen LogP contribution in [0, 0.1) is 0 Å². The molecule has 14 heavy (non-hydrogen) atoms. The number of aliphatic hydroxyl groups is 1. The summed E-state index contributed by atoms with van der Waals surface area (Å²) in [6, 6.07) is 0. The quantitative estimate of drug-likeness (QED) is 0.380. The number of allylic oxidation sites excluding steroid dienone is 1. The summed E-state index contributed by atoms with van der Waals surface area (Å²) in [7, 11) is 3.03. The average molecular weight is 238 g/mol. The lowest BCUT2D eigenvalue weighted by molar-refractivity contribution is 0.0908. The highest BCUT2D eigenvalue weighted by Gasteiger charge is 1.91. The summed E-state index contributed by atoms with van der Waals surface area (Å²) in [4.78, 5) is 0. The summed E-state index contributed by atoms with van der Waals surface area (Å²) in [5, 5.41) is 8.46. The third kappa shape index (κ3) is 10.6. The monoisotopic (exact) mass is 238 g/mol. The van der Waals surface area contributed by atoms with Crippen molar-refractivity contribution in [2.24, 2.45) is 0 Å². The van der Waals surface area contributed by atoms with E-state index in [9.17, 15) is 0 Å². The Morgan fingerprint density at radius 2 is 2.29 bits per heavy atom. The molecule has 0 aromatic carbocycles. The van der Waals surface area contributed by atoms with Crippen molar-refractivity contribution in [2.45, 2.75) is 19.8 Å². The predicted molar refractivity (Wildman–Crippen MR) is 64.9 cm³/mol. The van der Waals surface area contributed by atoms with Crippen molar-refractivity contribution in [1.29, 1.82) is 0 Å². The van der Waals surface area contributed by atoms with Gasteiger partial charge < -0.3 is 14.4 Å². The van der Waals surface area contributed by atoms with E-state index in [2.05, 4.69) is 21.9 Å². The van der Waals surface area contributed by atoms with Crippen LogP contribution in [0.1, 0.15) is 19.8 Å². The first-order chi connectivity index (χ1) is 6.81. The van der Waals surface area contributed by atoms with Crippen molar-refractivity contribution >= 4 is 17.4 Å². The number of aliphatic hydroxyl groups excluding tert-OH is 1. The van der Waals surface area contributed by atoms with Crippen molar-refractivity contribution in [2.75, 3.05) is 26.4 Å². The maximum absolute atomic E-state index is 8.46. The SMILES string of the molecule is CC(=CCOPP)CCCOCCO. The van der Waals surface area contributed by atoms with E-state index in [1.54, 1.807) is 0 Å². The molecule has 0 rings (SSSR count). The molecule has 0 amide bonds. The lowest BCUT2D eigenvalue weighted by atomic mass is 10.1. The van der Waals surface area contributed by atoms with Gasteiger partial charge in [0.1, 0.15) is 0 Å². The summed E-state index contributed by atoms with van der Waals surface area (Å²) in [6.45, 7) is 4.07. The van der Waals surface area contributed by atoms with Gasteiger partial charge in [0.2, 0.25) is 0 Å². The molecule has 0 bridgehead atoms. The molecule has 84 valence electrons. The highest BCUT2D eigenvalue weighted by molar-refractivity contribution is 8.00. The lowest BCUT2D eigenvalue weighted by Gasteiger charge is -2.03. The normalized spacial score (nSPS) is 12.9. The summed E-state index contributed by atoms with van der Waals surface area (Å²) in [6.07, 6.45) is 4.14. The Bertz CT molecular complexity index is 151. The highest BCUT2D eigenvalue weighted by atomic mass is 32.0. The molecule has 0 spiro atoms. The minimum Gasteiger partial charge on any atom is -0.394 e. The maximum Gasteiger partial charge on any atom is 0.0697 e. The molecule has 0 aromatic heterocycles. The molecule has 0 aromatic rings. The van der Waals surface area contributed by atoms with Crippen LogP contribution in [-0.4, -0.2) is 31.5 Å². The van der Waals surface area contributed by atoms with Crippen molar-refractivity contribution < 1.29 is 14.4 Å². The molecule has 0 aliphatic rings. The molecule has 2 atom stereocenters. The van der Waals surface area contributed by atoms with Gasteiger partial charge in [-0.2, -0.15) is 0 Å². The molecule has 0 saturated heterocycles. The minimum atomic E-state index is 0.109. The fourth-order valence-electron chi connectivity index (χ4n) is 0.954. The molecule has 0 heterocycles. The molecular weight excluding hydrogens is 218 g/mol. The van der Waals surface area contributed by atoms with E-state index in [1.807, 2.05) is 0 Å². The Morgan fingerprint density at radius 1 is 1.50 bits per heavy atom. The van der Waals surface area contributed by atoms with E-state index in [0.29, 0.717) is 21.7 Å². The molecule has 3 nitrogen and oxygen atoms in total. The zero-order valence-electron chi connectivity index (χ0n) is 8.66. The van der Waals surface area contributed by atoms with Crippen LogP contribution in [0.5, 0.6) is 0 Å². The summed E-state index contributed by atoms with van der Waals surface area (Å²) >= 11 is 0. The second-order valence-electron chi connectivity index (χ2n) is 2.92. The van der Waals surface area contributed by atoms with Gasteiger partial charge in [0.25, 0.3) is 0 Å². The number of ether oxygens (including phenoxy) is 1. The van der Waals surface area contributed by atoms with Crippen LogP contribution < -0.4 is 0 Å². The summed E-state index contributed by atoms with van der Waals surface area (Å²) in [5.74, 6) is 0. The zero-order valence-corrected chi connectivity index (χ0v) is 10.8. The summed E-state index contributed by atoms with van der Waals surface area (Å²) in [5.41, 5.74) is 1.33. The van der Waals surface area contributed by atoms with Crippen LogP contribution in [0.4, 0.5) is 0 Å². The second kappa shape index (κ2) is 11.6. The Kier molecular flexibility index (Phi) is 12.0. The molecule has 0 saturated carbocycles. The molecule has 0 aliphatic heterocycles.